The van der Waals surface area contributed by atoms with Crippen molar-refractivity contribution in [1.29, 1.82) is 0 Å². The van der Waals surface area contributed by atoms with Crippen molar-refractivity contribution in [2.24, 2.45) is 0 Å². The van der Waals surface area contributed by atoms with Crippen LogP contribution in [0.3, 0.4) is 0 Å². The van der Waals surface area contributed by atoms with Gasteiger partial charge >= 0.3 is 0 Å². The van der Waals surface area contributed by atoms with E-state index >= 15 is 0 Å². The summed E-state index contributed by atoms with van der Waals surface area (Å²) in [5.41, 5.74) is 0.946. The normalized spacial score (nSPS) is 11.6. The molecule has 2 nitrogen and oxygen atoms in total. The molecule has 1 N–H and O–H groups in total. The molecule has 0 unspecified atom stereocenters. The van der Waals surface area contributed by atoms with Crippen LogP contribution in [-0.2, 0) is 11.3 Å². The number of ether oxygens (including phenoxy) is 1. The third-order valence-electron chi connectivity index (χ3n) is 2.04. The maximum Gasteiger partial charge on any atom is 0.113 e. The van der Waals surface area contributed by atoms with Gasteiger partial charge in [0.25, 0.3) is 0 Å². The second kappa shape index (κ2) is 4.40. The standard InChI is InChI=1S/C11H17NO/c1-11(2,12-3)13-9-10-7-5-4-6-8-10/h4-8,12H,9H2,1-3H3. The lowest BCUT2D eigenvalue weighted by Gasteiger charge is -2.24. The van der Waals surface area contributed by atoms with Crippen molar-refractivity contribution in [2.75, 3.05) is 7.05 Å². The van der Waals surface area contributed by atoms with Gasteiger partial charge < -0.3 is 4.74 Å². The van der Waals surface area contributed by atoms with Gasteiger partial charge in [0.05, 0.1) is 6.61 Å². The van der Waals surface area contributed by atoms with Gasteiger partial charge in [-0.1, -0.05) is 30.3 Å². The number of benzene rings is 1. The van der Waals surface area contributed by atoms with Crippen molar-refractivity contribution in [1.82, 2.24) is 5.32 Å². The summed E-state index contributed by atoms with van der Waals surface area (Å²) in [4.78, 5) is 0. The van der Waals surface area contributed by atoms with Crippen LogP contribution in [0.25, 0.3) is 0 Å². The zero-order valence-corrected chi connectivity index (χ0v) is 8.50. The highest BCUT2D eigenvalue weighted by atomic mass is 16.5. The smallest absolute Gasteiger partial charge is 0.113 e. The number of hydrogen-bond donors (Lipinski definition) is 1. The Kier molecular flexibility index (Phi) is 3.46. The second-order valence-corrected chi connectivity index (χ2v) is 3.53. The van der Waals surface area contributed by atoms with Gasteiger partial charge in [-0.3, -0.25) is 5.32 Å². The Hall–Kier alpha value is -0.860. The quantitative estimate of drug-likeness (QED) is 0.715. The molecule has 1 aromatic rings. The van der Waals surface area contributed by atoms with Crippen LogP contribution in [0.15, 0.2) is 30.3 Å². The third-order valence-corrected chi connectivity index (χ3v) is 2.04. The highest BCUT2D eigenvalue weighted by Gasteiger charge is 2.13. The van der Waals surface area contributed by atoms with Crippen LogP contribution < -0.4 is 5.32 Å². The zero-order chi connectivity index (χ0) is 9.73. The summed E-state index contributed by atoms with van der Waals surface area (Å²) in [7, 11) is 1.89. The van der Waals surface area contributed by atoms with E-state index in [2.05, 4.69) is 17.4 Å². The minimum absolute atomic E-state index is 0.254. The first-order chi connectivity index (χ1) is 6.14. The molecule has 0 spiro atoms. The molecule has 2 heteroatoms. The Morgan fingerprint density at radius 1 is 1.23 bits per heavy atom. The number of rotatable bonds is 4. The highest BCUT2D eigenvalue weighted by Crippen LogP contribution is 2.08. The molecule has 0 aliphatic carbocycles. The van der Waals surface area contributed by atoms with Crippen molar-refractivity contribution in [3.63, 3.8) is 0 Å². The van der Waals surface area contributed by atoms with Gasteiger partial charge in [-0.05, 0) is 26.5 Å². The van der Waals surface area contributed by atoms with E-state index in [9.17, 15) is 0 Å². The van der Waals surface area contributed by atoms with Gasteiger partial charge in [0.15, 0.2) is 0 Å². The van der Waals surface area contributed by atoms with E-state index in [-0.39, 0.29) is 5.72 Å². The molecule has 0 atom stereocenters. The molecule has 0 aliphatic rings. The predicted molar refractivity (Wildman–Crippen MR) is 54.4 cm³/mol. The molecule has 1 rings (SSSR count). The third kappa shape index (κ3) is 3.57. The summed E-state index contributed by atoms with van der Waals surface area (Å²) in [6, 6.07) is 10.2. The molecule has 0 saturated heterocycles. The van der Waals surface area contributed by atoms with Crippen molar-refractivity contribution < 1.29 is 4.74 Å². The summed E-state index contributed by atoms with van der Waals surface area (Å²) in [5, 5.41) is 3.09. The first-order valence-electron chi connectivity index (χ1n) is 4.51. The van der Waals surface area contributed by atoms with Crippen LogP contribution in [-0.4, -0.2) is 12.8 Å². The molecule has 0 saturated carbocycles. The van der Waals surface area contributed by atoms with Crippen molar-refractivity contribution in [3.05, 3.63) is 35.9 Å². The lowest BCUT2D eigenvalue weighted by Crippen LogP contribution is -2.38. The molecule has 0 aromatic heterocycles. The van der Waals surface area contributed by atoms with Gasteiger partial charge in [-0.25, -0.2) is 0 Å². The van der Waals surface area contributed by atoms with Crippen LogP contribution in [0.1, 0.15) is 19.4 Å². The number of hydrogen-bond acceptors (Lipinski definition) is 2. The first-order valence-corrected chi connectivity index (χ1v) is 4.51. The fraction of sp³-hybridized carbons (Fsp3) is 0.455. The van der Waals surface area contributed by atoms with Gasteiger partial charge in [0.1, 0.15) is 5.72 Å². The van der Waals surface area contributed by atoms with Crippen LogP contribution >= 0.6 is 0 Å². The fourth-order valence-corrected chi connectivity index (χ4v) is 0.910. The van der Waals surface area contributed by atoms with E-state index in [1.165, 1.54) is 5.56 Å². The van der Waals surface area contributed by atoms with E-state index in [1.807, 2.05) is 39.1 Å². The molecule has 0 aliphatic heterocycles. The Morgan fingerprint density at radius 3 is 2.38 bits per heavy atom. The monoisotopic (exact) mass is 179 g/mol. The average molecular weight is 179 g/mol. The minimum Gasteiger partial charge on any atom is -0.357 e. The summed E-state index contributed by atoms with van der Waals surface area (Å²) in [6.45, 7) is 4.67. The highest BCUT2D eigenvalue weighted by molar-refractivity contribution is 5.13. The molecule has 13 heavy (non-hydrogen) atoms. The topological polar surface area (TPSA) is 21.3 Å². The van der Waals surface area contributed by atoms with E-state index in [1.54, 1.807) is 0 Å². The molecule has 0 fully saturated rings. The maximum absolute atomic E-state index is 5.65. The van der Waals surface area contributed by atoms with Crippen LogP contribution in [0.4, 0.5) is 0 Å². The van der Waals surface area contributed by atoms with Crippen molar-refractivity contribution >= 4 is 0 Å². The van der Waals surface area contributed by atoms with Gasteiger partial charge in [0.2, 0.25) is 0 Å². The average Bonchev–Trinajstić information content (AvgIpc) is 2.17. The van der Waals surface area contributed by atoms with Gasteiger partial charge in [-0.15, -0.1) is 0 Å². The molecule has 0 heterocycles. The predicted octanol–water partition coefficient (Wildman–Crippen LogP) is 2.16. The summed E-state index contributed by atoms with van der Waals surface area (Å²) >= 11 is 0. The summed E-state index contributed by atoms with van der Waals surface area (Å²) in [6.07, 6.45) is 0. The molecule has 0 bridgehead atoms. The molecular weight excluding hydrogens is 162 g/mol. The Morgan fingerprint density at radius 2 is 1.85 bits per heavy atom. The van der Waals surface area contributed by atoms with Crippen LogP contribution in [0, 0.1) is 0 Å². The summed E-state index contributed by atoms with van der Waals surface area (Å²) < 4.78 is 5.65. The molecule has 1 aromatic carbocycles. The van der Waals surface area contributed by atoms with E-state index in [4.69, 9.17) is 4.74 Å². The largest absolute Gasteiger partial charge is 0.357 e. The Bertz CT molecular complexity index is 244. The van der Waals surface area contributed by atoms with Crippen molar-refractivity contribution in [3.8, 4) is 0 Å². The summed E-state index contributed by atoms with van der Waals surface area (Å²) in [5.74, 6) is 0. The Labute approximate surface area is 79.9 Å². The minimum atomic E-state index is -0.254. The molecular formula is C11H17NO. The van der Waals surface area contributed by atoms with Crippen LogP contribution in [0.2, 0.25) is 0 Å². The van der Waals surface area contributed by atoms with E-state index < -0.39 is 0 Å². The maximum atomic E-state index is 5.65. The zero-order valence-electron chi connectivity index (χ0n) is 8.50. The van der Waals surface area contributed by atoms with E-state index in [0.29, 0.717) is 6.61 Å². The SMILES string of the molecule is CNC(C)(C)OCc1ccccc1. The molecule has 0 radical (unpaired) electrons. The lowest BCUT2D eigenvalue weighted by atomic mass is 10.2. The second-order valence-electron chi connectivity index (χ2n) is 3.53. The van der Waals surface area contributed by atoms with Crippen LogP contribution in [0.5, 0.6) is 0 Å². The molecule has 72 valence electrons. The fourth-order valence-electron chi connectivity index (χ4n) is 0.910. The first kappa shape index (κ1) is 10.2. The lowest BCUT2D eigenvalue weighted by molar-refractivity contribution is -0.0487. The van der Waals surface area contributed by atoms with Gasteiger partial charge in [-0.2, -0.15) is 0 Å². The molecule has 0 amide bonds. The van der Waals surface area contributed by atoms with E-state index in [0.717, 1.165) is 0 Å². The number of nitrogens with one attached hydrogen (secondary N) is 1. The van der Waals surface area contributed by atoms with Gasteiger partial charge in [0, 0.05) is 0 Å². The Balaban J connectivity index is 2.44. The van der Waals surface area contributed by atoms with Crippen molar-refractivity contribution in [2.45, 2.75) is 26.2 Å².